The molecule has 0 aliphatic rings. The predicted molar refractivity (Wildman–Crippen MR) is 73.6 cm³/mol. The van der Waals surface area contributed by atoms with E-state index in [0.717, 1.165) is 11.1 Å². The standard InChI is InChI=1S/C14H7Cl2NO2/c15-12-4-2-8(5-10(12)7-17)9-1-3-11(14(18)19)13(16)6-9/h1-6H,(H,18,19). The Hall–Kier alpha value is -2.02. The van der Waals surface area contributed by atoms with Crippen LogP contribution in [0.2, 0.25) is 10.0 Å². The minimum Gasteiger partial charge on any atom is -0.478 e. The largest absolute Gasteiger partial charge is 0.478 e. The van der Waals surface area contributed by atoms with Gasteiger partial charge in [-0.2, -0.15) is 5.26 Å². The van der Waals surface area contributed by atoms with E-state index in [1.165, 1.54) is 6.07 Å². The van der Waals surface area contributed by atoms with Crippen LogP contribution in [0.5, 0.6) is 0 Å². The Morgan fingerprint density at radius 3 is 2.26 bits per heavy atom. The van der Waals surface area contributed by atoms with Crippen molar-refractivity contribution in [3.05, 3.63) is 57.6 Å². The molecule has 0 aliphatic heterocycles. The van der Waals surface area contributed by atoms with Gasteiger partial charge in [0.1, 0.15) is 6.07 Å². The van der Waals surface area contributed by atoms with Crippen molar-refractivity contribution in [1.29, 1.82) is 5.26 Å². The average Bonchev–Trinajstić information content (AvgIpc) is 2.38. The van der Waals surface area contributed by atoms with E-state index in [-0.39, 0.29) is 10.6 Å². The van der Waals surface area contributed by atoms with Crippen molar-refractivity contribution in [2.45, 2.75) is 0 Å². The van der Waals surface area contributed by atoms with Crippen LogP contribution in [0.25, 0.3) is 11.1 Å². The van der Waals surface area contributed by atoms with Crippen LogP contribution in [0, 0.1) is 11.3 Å². The Labute approximate surface area is 119 Å². The fourth-order valence-corrected chi connectivity index (χ4v) is 2.08. The number of rotatable bonds is 2. The highest BCUT2D eigenvalue weighted by molar-refractivity contribution is 6.34. The second kappa shape index (κ2) is 5.31. The summed E-state index contributed by atoms with van der Waals surface area (Å²) in [5.74, 6) is -1.08. The maximum Gasteiger partial charge on any atom is 0.337 e. The molecule has 2 aromatic rings. The lowest BCUT2D eigenvalue weighted by Gasteiger charge is -2.06. The number of nitrogens with zero attached hydrogens (tertiary/aromatic N) is 1. The summed E-state index contributed by atoms with van der Waals surface area (Å²) in [6.45, 7) is 0. The van der Waals surface area contributed by atoms with Crippen molar-refractivity contribution in [3.63, 3.8) is 0 Å². The second-order valence-electron chi connectivity index (χ2n) is 3.81. The minimum absolute atomic E-state index is 0.0416. The van der Waals surface area contributed by atoms with Gasteiger partial charge < -0.3 is 5.11 Å². The lowest BCUT2D eigenvalue weighted by molar-refractivity contribution is 0.0697. The monoisotopic (exact) mass is 291 g/mol. The van der Waals surface area contributed by atoms with Crippen LogP contribution in [0.3, 0.4) is 0 Å². The number of carboxylic acid groups (broad SMARTS) is 1. The van der Waals surface area contributed by atoms with Crippen molar-refractivity contribution < 1.29 is 9.90 Å². The molecule has 0 radical (unpaired) electrons. The van der Waals surface area contributed by atoms with Gasteiger partial charge in [-0.15, -0.1) is 0 Å². The normalized spacial score (nSPS) is 9.95. The molecule has 0 saturated heterocycles. The van der Waals surface area contributed by atoms with Crippen LogP contribution in [-0.2, 0) is 0 Å². The summed E-state index contributed by atoms with van der Waals surface area (Å²) in [5, 5.41) is 18.3. The molecule has 0 amide bonds. The van der Waals surface area contributed by atoms with Gasteiger partial charge >= 0.3 is 5.97 Å². The first kappa shape index (κ1) is 13.4. The van der Waals surface area contributed by atoms with E-state index in [1.807, 2.05) is 6.07 Å². The molecule has 0 saturated carbocycles. The highest BCUT2D eigenvalue weighted by atomic mass is 35.5. The number of hydrogen-bond donors (Lipinski definition) is 1. The quantitative estimate of drug-likeness (QED) is 0.901. The molecule has 0 heterocycles. The molecule has 0 fully saturated rings. The summed E-state index contributed by atoms with van der Waals surface area (Å²) in [4.78, 5) is 10.9. The summed E-state index contributed by atoms with van der Waals surface area (Å²) >= 11 is 11.8. The topological polar surface area (TPSA) is 61.1 Å². The molecular formula is C14H7Cl2NO2. The zero-order chi connectivity index (χ0) is 14.0. The summed E-state index contributed by atoms with van der Waals surface area (Å²) < 4.78 is 0. The fourth-order valence-electron chi connectivity index (χ4n) is 1.66. The number of halogens is 2. The Morgan fingerprint density at radius 1 is 1.05 bits per heavy atom. The van der Waals surface area contributed by atoms with Crippen LogP contribution in [-0.4, -0.2) is 11.1 Å². The first-order chi connectivity index (χ1) is 9.02. The highest BCUT2D eigenvalue weighted by Gasteiger charge is 2.10. The lowest BCUT2D eigenvalue weighted by atomic mass is 10.0. The maximum absolute atomic E-state index is 10.9. The first-order valence-corrected chi connectivity index (χ1v) is 6.01. The maximum atomic E-state index is 10.9. The van der Waals surface area contributed by atoms with Crippen LogP contribution < -0.4 is 0 Å². The molecule has 94 valence electrons. The van der Waals surface area contributed by atoms with Gasteiger partial charge in [-0.05, 0) is 35.4 Å². The third kappa shape index (κ3) is 2.70. The molecule has 19 heavy (non-hydrogen) atoms. The fraction of sp³-hybridized carbons (Fsp3) is 0. The number of carboxylic acids is 1. The van der Waals surface area contributed by atoms with Crippen molar-refractivity contribution in [3.8, 4) is 17.2 Å². The zero-order valence-corrected chi connectivity index (χ0v) is 11.0. The number of benzene rings is 2. The van der Waals surface area contributed by atoms with Gasteiger partial charge in [0.25, 0.3) is 0 Å². The lowest BCUT2D eigenvalue weighted by Crippen LogP contribution is -1.97. The van der Waals surface area contributed by atoms with Gasteiger partial charge in [-0.25, -0.2) is 4.79 Å². The molecule has 0 atom stereocenters. The van der Waals surface area contributed by atoms with Gasteiger partial charge in [-0.1, -0.05) is 35.3 Å². The van der Waals surface area contributed by atoms with Gasteiger partial charge in [-0.3, -0.25) is 0 Å². The second-order valence-corrected chi connectivity index (χ2v) is 4.62. The smallest absolute Gasteiger partial charge is 0.337 e. The molecule has 1 N–H and O–H groups in total. The summed E-state index contributed by atoms with van der Waals surface area (Å²) in [5.41, 5.74) is 1.88. The molecule has 0 bridgehead atoms. The molecule has 2 aromatic carbocycles. The summed E-state index contributed by atoms with van der Waals surface area (Å²) in [6.07, 6.45) is 0. The first-order valence-electron chi connectivity index (χ1n) is 5.26. The Morgan fingerprint density at radius 2 is 1.68 bits per heavy atom. The van der Waals surface area contributed by atoms with Gasteiger partial charge in [0.2, 0.25) is 0 Å². The van der Waals surface area contributed by atoms with E-state index >= 15 is 0 Å². The van der Waals surface area contributed by atoms with Crippen molar-refractivity contribution in [1.82, 2.24) is 0 Å². The summed E-state index contributed by atoms with van der Waals surface area (Å²) in [7, 11) is 0. The van der Waals surface area contributed by atoms with E-state index in [2.05, 4.69) is 0 Å². The van der Waals surface area contributed by atoms with E-state index in [0.29, 0.717) is 10.6 Å². The molecule has 0 spiro atoms. The zero-order valence-electron chi connectivity index (χ0n) is 9.52. The van der Waals surface area contributed by atoms with Crippen molar-refractivity contribution in [2.75, 3.05) is 0 Å². The molecule has 2 rings (SSSR count). The molecule has 0 aliphatic carbocycles. The molecule has 0 aromatic heterocycles. The Balaban J connectivity index is 2.51. The van der Waals surface area contributed by atoms with E-state index < -0.39 is 5.97 Å². The number of carbonyl (C=O) groups is 1. The predicted octanol–water partition coefficient (Wildman–Crippen LogP) is 4.23. The molecule has 5 heteroatoms. The third-order valence-electron chi connectivity index (χ3n) is 2.62. The van der Waals surface area contributed by atoms with E-state index in [4.69, 9.17) is 33.6 Å². The average molecular weight is 292 g/mol. The number of aromatic carboxylic acids is 1. The minimum atomic E-state index is -1.08. The number of nitriles is 1. The Kier molecular flexibility index (Phi) is 3.75. The molecular weight excluding hydrogens is 285 g/mol. The SMILES string of the molecule is N#Cc1cc(-c2ccc(C(=O)O)c(Cl)c2)ccc1Cl. The van der Waals surface area contributed by atoms with E-state index in [9.17, 15) is 4.79 Å². The van der Waals surface area contributed by atoms with E-state index in [1.54, 1.807) is 30.3 Å². The van der Waals surface area contributed by atoms with Crippen molar-refractivity contribution >= 4 is 29.2 Å². The van der Waals surface area contributed by atoms with Crippen LogP contribution >= 0.6 is 23.2 Å². The Bertz CT molecular complexity index is 705. The van der Waals surface area contributed by atoms with Gasteiger partial charge in [0.05, 0.1) is 21.2 Å². The summed E-state index contributed by atoms with van der Waals surface area (Å²) in [6, 6.07) is 11.6. The van der Waals surface area contributed by atoms with Crippen molar-refractivity contribution in [2.24, 2.45) is 0 Å². The van der Waals surface area contributed by atoms with Crippen LogP contribution in [0.15, 0.2) is 36.4 Å². The number of hydrogen-bond acceptors (Lipinski definition) is 2. The molecule has 3 nitrogen and oxygen atoms in total. The highest BCUT2D eigenvalue weighted by Crippen LogP contribution is 2.28. The van der Waals surface area contributed by atoms with Gasteiger partial charge in [0, 0.05) is 0 Å². The van der Waals surface area contributed by atoms with Gasteiger partial charge in [0.15, 0.2) is 0 Å². The molecule has 0 unspecified atom stereocenters. The van der Waals surface area contributed by atoms with Crippen LogP contribution in [0.1, 0.15) is 15.9 Å². The third-order valence-corrected chi connectivity index (χ3v) is 3.26. The van der Waals surface area contributed by atoms with Crippen LogP contribution in [0.4, 0.5) is 0 Å².